The third-order valence-corrected chi connectivity index (χ3v) is 5.86. The molecule has 21 heavy (non-hydrogen) atoms. The quantitative estimate of drug-likeness (QED) is 0.331. The summed E-state index contributed by atoms with van der Waals surface area (Å²) in [6.45, 7) is 3.52. The highest BCUT2D eigenvalue weighted by Crippen LogP contribution is 2.42. The van der Waals surface area contributed by atoms with Crippen LogP contribution in [-0.2, 0) is 9.53 Å². The Hall–Kier alpha value is -0.390. The van der Waals surface area contributed by atoms with Crippen LogP contribution in [0.5, 0.6) is 0 Å². The molecule has 0 N–H and O–H groups in total. The lowest BCUT2D eigenvalue weighted by Gasteiger charge is -2.31. The molecule has 3 nitrogen and oxygen atoms in total. The Morgan fingerprint density at radius 1 is 1.48 bits per heavy atom. The van der Waals surface area contributed by atoms with E-state index < -0.39 is 17.1 Å². The number of thioether (sulfide) groups is 2. The zero-order valence-electron chi connectivity index (χ0n) is 12.1. The minimum absolute atomic E-state index is 0.0365. The van der Waals surface area contributed by atoms with Crippen molar-refractivity contribution in [3.8, 4) is 6.07 Å². The molecule has 0 aliphatic heterocycles. The van der Waals surface area contributed by atoms with E-state index in [2.05, 4.69) is 4.74 Å². The van der Waals surface area contributed by atoms with Crippen molar-refractivity contribution in [3.05, 3.63) is 0 Å². The molecule has 0 amide bonds. The fourth-order valence-electron chi connectivity index (χ4n) is 1.41. The van der Waals surface area contributed by atoms with Gasteiger partial charge in [0.2, 0.25) is 0 Å². The van der Waals surface area contributed by atoms with Crippen LogP contribution in [0.3, 0.4) is 0 Å². The number of rotatable bonds is 10. The Morgan fingerprint density at radius 2 is 2.14 bits per heavy atom. The summed E-state index contributed by atoms with van der Waals surface area (Å²) < 4.78 is 33.4. The van der Waals surface area contributed by atoms with Crippen LogP contribution in [0.1, 0.15) is 33.1 Å². The SMILES string of the molecule is CCCSC(=S)SCC(F)(F)C(C)(C#N)CCCOC=O. The Bertz CT molecular complexity index is 388. The molecule has 0 bridgehead atoms. The number of carbonyl (C=O) groups is 1. The smallest absolute Gasteiger partial charge is 0.293 e. The van der Waals surface area contributed by atoms with E-state index in [4.69, 9.17) is 17.5 Å². The number of ether oxygens (including phenoxy) is 1. The molecule has 0 aromatic carbocycles. The van der Waals surface area contributed by atoms with Crippen LogP contribution in [0.4, 0.5) is 8.78 Å². The molecule has 0 radical (unpaired) electrons. The van der Waals surface area contributed by atoms with Gasteiger partial charge in [-0.25, -0.2) is 8.78 Å². The van der Waals surface area contributed by atoms with Gasteiger partial charge in [0.25, 0.3) is 12.4 Å². The molecule has 0 saturated heterocycles. The fraction of sp³-hybridized carbons (Fsp3) is 0.769. The average Bonchev–Trinajstić information content (AvgIpc) is 2.47. The van der Waals surface area contributed by atoms with Crippen molar-refractivity contribution >= 4 is 45.7 Å². The molecule has 120 valence electrons. The van der Waals surface area contributed by atoms with Gasteiger partial charge in [-0.05, 0) is 31.9 Å². The van der Waals surface area contributed by atoms with Crippen LogP contribution in [0.15, 0.2) is 0 Å². The number of hydrogen-bond acceptors (Lipinski definition) is 6. The van der Waals surface area contributed by atoms with E-state index in [1.807, 2.05) is 6.92 Å². The molecule has 0 aliphatic carbocycles. The summed E-state index contributed by atoms with van der Waals surface area (Å²) in [6, 6.07) is 1.71. The molecule has 0 aliphatic rings. The van der Waals surface area contributed by atoms with E-state index in [-0.39, 0.29) is 25.9 Å². The van der Waals surface area contributed by atoms with Crippen LogP contribution < -0.4 is 0 Å². The summed E-state index contributed by atoms with van der Waals surface area (Å²) in [5, 5.41) is 9.10. The Labute approximate surface area is 138 Å². The second-order valence-electron chi connectivity index (χ2n) is 4.61. The van der Waals surface area contributed by atoms with E-state index in [0.717, 1.165) is 23.9 Å². The van der Waals surface area contributed by atoms with E-state index in [0.29, 0.717) is 3.53 Å². The number of hydrogen-bond donors (Lipinski definition) is 0. The van der Waals surface area contributed by atoms with Crippen LogP contribution in [0.25, 0.3) is 0 Å². The maximum Gasteiger partial charge on any atom is 0.293 e. The maximum atomic E-state index is 14.2. The third kappa shape index (κ3) is 7.43. The first-order chi connectivity index (χ1) is 9.83. The van der Waals surface area contributed by atoms with Crippen molar-refractivity contribution in [2.75, 3.05) is 18.1 Å². The summed E-state index contributed by atoms with van der Waals surface area (Å²) in [4.78, 5) is 10.0. The van der Waals surface area contributed by atoms with Crippen molar-refractivity contribution in [1.29, 1.82) is 5.26 Å². The summed E-state index contributed by atoms with van der Waals surface area (Å²) in [6.07, 6.45) is 1.10. The minimum atomic E-state index is -3.16. The Kier molecular flexibility index (Phi) is 10.2. The maximum absolute atomic E-state index is 14.2. The van der Waals surface area contributed by atoms with Gasteiger partial charge in [0.1, 0.15) is 8.94 Å². The van der Waals surface area contributed by atoms with E-state index >= 15 is 0 Å². The standard InChI is InChI=1S/C13H19F2NO2S3/c1-3-7-20-11(19)21-9-13(14,15)12(2,8-16)5-4-6-18-10-17/h10H,3-7,9H2,1-2H3. The van der Waals surface area contributed by atoms with Crippen molar-refractivity contribution in [1.82, 2.24) is 0 Å². The number of carbonyl (C=O) groups excluding carboxylic acids is 1. The van der Waals surface area contributed by atoms with E-state index in [9.17, 15) is 13.6 Å². The van der Waals surface area contributed by atoms with Gasteiger partial charge in [0.05, 0.1) is 18.4 Å². The van der Waals surface area contributed by atoms with E-state index in [1.165, 1.54) is 18.7 Å². The zero-order chi connectivity index (χ0) is 16.4. The van der Waals surface area contributed by atoms with Gasteiger partial charge in [0.15, 0.2) is 0 Å². The first kappa shape index (κ1) is 20.6. The van der Waals surface area contributed by atoms with Gasteiger partial charge in [-0.15, -0.1) is 23.5 Å². The normalized spacial score (nSPS) is 14.0. The molecule has 0 aromatic heterocycles. The van der Waals surface area contributed by atoms with Crippen molar-refractivity contribution in [2.24, 2.45) is 5.41 Å². The average molecular weight is 355 g/mol. The second-order valence-corrected chi connectivity index (χ2v) is 7.88. The van der Waals surface area contributed by atoms with Crippen LogP contribution in [0, 0.1) is 16.7 Å². The topological polar surface area (TPSA) is 50.1 Å². The molecule has 8 heteroatoms. The summed E-state index contributed by atoms with van der Waals surface area (Å²) in [7, 11) is 0. The lowest BCUT2D eigenvalue weighted by Crippen LogP contribution is -2.40. The van der Waals surface area contributed by atoms with Gasteiger partial charge in [-0.2, -0.15) is 5.26 Å². The van der Waals surface area contributed by atoms with Gasteiger partial charge in [-0.1, -0.05) is 19.1 Å². The highest BCUT2D eigenvalue weighted by molar-refractivity contribution is 8.47. The van der Waals surface area contributed by atoms with Gasteiger partial charge in [0, 0.05) is 0 Å². The number of thiocarbonyl (C=S) groups is 1. The van der Waals surface area contributed by atoms with Crippen molar-refractivity contribution < 1.29 is 18.3 Å². The monoisotopic (exact) mass is 355 g/mol. The molecule has 0 fully saturated rings. The summed E-state index contributed by atoms with van der Waals surface area (Å²) in [5.74, 6) is -2.87. The fourth-order valence-corrected chi connectivity index (χ4v) is 3.59. The molecule has 0 heterocycles. The largest absolute Gasteiger partial charge is 0.468 e. The van der Waals surface area contributed by atoms with Crippen LogP contribution >= 0.6 is 35.7 Å². The molecule has 1 unspecified atom stereocenters. The highest BCUT2D eigenvalue weighted by Gasteiger charge is 2.50. The van der Waals surface area contributed by atoms with Gasteiger partial charge in [-0.3, -0.25) is 4.79 Å². The summed E-state index contributed by atoms with van der Waals surface area (Å²) in [5.41, 5.74) is -1.79. The predicted molar refractivity (Wildman–Crippen MR) is 87.7 cm³/mol. The lowest BCUT2D eigenvalue weighted by molar-refractivity contribution is -0.129. The molecule has 0 aromatic rings. The third-order valence-electron chi connectivity index (χ3n) is 2.86. The minimum Gasteiger partial charge on any atom is -0.468 e. The van der Waals surface area contributed by atoms with Crippen molar-refractivity contribution in [3.63, 3.8) is 0 Å². The molecule has 0 spiro atoms. The first-order valence-corrected chi connectivity index (χ1v) is 8.85. The summed E-state index contributed by atoms with van der Waals surface area (Å²) >= 11 is 7.31. The molecule has 0 rings (SSSR count). The molecule has 0 saturated carbocycles. The number of nitriles is 1. The lowest BCUT2D eigenvalue weighted by atomic mass is 9.81. The van der Waals surface area contributed by atoms with Crippen molar-refractivity contribution in [2.45, 2.75) is 39.0 Å². The van der Waals surface area contributed by atoms with E-state index in [1.54, 1.807) is 6.07 Å². The predicted octanol–water partition coefficient (Wildman–Crippen LogP) is 4.27. The molecule has 1 atom stereocenters. The Morgan fingerprint density at radius 3 is 2.67 bits per heavy atom. The molecular formula is C13H19F2NO2S3. The van der Waals surface area contributed by atoms with Gasteiger partial charge < -0.3 is 4.74 Å². The number of nitrogens with zero attached hydrogens (tertiary/aromatic N) is 1. The highest BCUT2D eigenvalue weighted by atomic mass is 32.2. The molecular weight excluding hydrogens is 336 g/mol. The van der Waals surface area contributed by atoms with Gasteiger partial charge >= 0.3 is 0 Å². The number of alkyl halides is 2. The number of halogens is 2. The second kappa shape index (κ2) is 10.4. The van der Waals surface area contributed by atoms with Crippen LogP contribution in [0.2, 0.25) is 0 Å². The van der Waals surface area contributed by atoms with Crippen LogP contribution in [-0.4, -0.2) is 34.0 Å². The Balaban J connectivity index is 4.49. The zero-order valence-corrected chi connectivity index (χ0v) is 14.5. The first-order valence-electron chi connectivity index (χ1n) is 6.47.